The maximum absolute atomic E-state index is 13.4. The van der Waals surface area contributed by atoms with Gasteiger partial charge in [-0.2, -0.15) is 13.2 Å². The van der Waals surface area contributed by atoms with Gasteiger partial charge in [0, 0.05) is 25.7 Å². The minimum atomic E-state index is -4.36. The van der Waals surface area contributed by atoms with Crippen molar-refractivity contribution in [3.05, 3.63) is 35.6 Å². The van der Waals surface area contributed by atoms with Crippen molar-refractivity contribution < 1.29 is 27.1 Å². The molecule has 1 saturated heterocycles. The molecule has 128 valence electrons. The molecule has 23 heavy (non-hydrogen) atoms. The molecule has 0 aromatic heterocycles. The van der Waals surface area contributed by atoms with E-state index in [-0.39, 0.29) is 31.2 Å². The van der Waals surface area contributed by atoms with Gasteiger partial charge in [-0.05, 0) is 25.0 Å². The van der Waals surface area contributed by atoms with Crippen LogP contribution in [0.4, 0.5) is 17.6 Å². The van der Waals surface area contributed by atoms with E-state index in [9.17, 15) is 22.4 Å². The fourth-order valence-electron chi connectivity index (χ4n) is 2.40. The SMILES string of the molecule is O=C(NCCNC1CCOC(C(F)(F)F)C1)c1ccccc1F. The zero-order valence-corrected chi connectivity index (χ0v) is 12.3. The third-order valence-electron chi connectivity index (χ3n) is 3.61. The van der Waals surface area contributed by atoms with E-state index in [4.69, 9.17) is 4.74 Å². The van der Waals surface area contributed by atoms with Gasteiger partial charge in [0.2, 0.25) is 0 Å². The summed E-state index contributed by atoms with van der Waals surface area (Å²) in [6.45, 7) is 0.542. The van der Waals surface area contributed by atoms with Gasteiger partial charge in [-0.3, -0.25) is 4.79 Å². The van der Waals surface area contributed by atoms with Crippen LogP contribution in [0.3, 0.4) is 0 Å². The Hall–Kier alpha value is -1.67. The molecular formula is C15H18F4N2O2. The zero-order valence-electron chi connectivity index (χ0n) is 12.3. The number of hydrogen-bond acceptors (Lipinski definition) is 3. The topological polar surface area (TPSA) is 50.4 Å². The number of ether oxygens (including phenoxy) is 1. The van der Waals surface area contributed by atoms with Crippen LogP contribution in [0.1, 0.15) is 23.2 Å². The molecule has 1 heterocycles. The average molecular weight is 334 g/mol. The summed E-state index contributed by atoms with van der Waals surface area (Å²) < 4.78 is 55.9. The van der Waals surface area contributed by atoms with Crippen molar-refractivity contribution >= 4 is 5.91 Å². The molecule has 1 aromatic rings. The van der Waals surface area contributed by atoms with Gasteiger partial charge in [0.25, 0.3) is 5.91 Å². The van der Waals surface area contributed by atoms with Crippen LogP contribution in [0.2, 0.25) is 0 Å². The van der Waals surface area contributed by atoms with Crippen molar-refractivity contribution in [2.45, 2.75) is 31.2 Å². The summed E-state index contributed by atoms with van der Waals surface area (Å²) in [5.74, 6) is -1.17. The first-order chi connectivity index (χ1) is 10.9. The molecule has 0 aliphatic carbocycles. The number of alkyl halides is 3. The van der Waals surface area contributed by atoms with Gasteiger partial charge in [-0.25, -0.2) is 4.39 Å². The van der Waals surface area contributed by atoms with Crippen LogP contribution in [0, 0.1) is 5.82 Å². The van der Waals surface area contributed by atoms with Gasteiger partial charge >= 0.3 is 6.18 Å². The van der Waals surface area contributed by atoms with Crippen LogP contribution in [0.15, 0.2) is 24.3 Å². The number of carbonyl (C=O) groups excluding carboxylic acids is 1. The van der Waals surface area contributed by atoms with Crippen molar-refractivity contribution in [2.24, 2.45) is 0 Å². The Morgan fingerprint density at radius 2 is 2.00 bits per heavy atom. The van der Waals surface area contributed by atoms with Gasteiger partial charge in [0.15, 0.2) is 6.10 Å². The summed E-state index contributed by atoms with van der Waals surface area (Å²) in [6, 6.07) is 5.27. The standard InChI is InChI=1S/C15H18F4N2O2/c16-12-4-2-1-3-11(12)14(22)21-7-6-20-10-5-8-23-13(9-10)15(17,18)19/h1-4,10,13,20H,5-9H2,(H,21,22). The Morgan fingerprint density at radius 1 is 1.26 bits per heavy atom. The van der Waals surface area contributed by atoms with E-state index in [1.807, 2.05) is 0 Å². The quantitative estimate of drug-likeness (QED) is 0.641. The third kappa shape index (κ3) is 5.18. The average Bonchev–Trinajstić information content (AvgIpc) is 2.51. The number of halogens is 4. The Balaban J connectivity index is 1.71. The highest BCUT2D eigenvalue weighted by Crippen LogP contribution is 2.29. The minimum Gasteiger partial charge on any atom is -0.369 e. The van der Waals surface area contributed by atoms with E-state index in [0.717, 1.165) is 0 Å². The van der Waals surface area contributed by atoms with Crippen molar-refractivity contribution in [1.82, 2.24) is 10.6 Å². The maximum atomic E-state index is 13.4. The molecule has 2 rings (SSSR count). The van der Waals surface area contributed by atoms with Crippen molar-refractivity contribution in [3.8, 4) is 0 Å². The second-order valence-electron chi connectivity index (χ2n) is 5.31. The molecule has 4 nitrogen and oxygen atoms in total. The van der Waals surface area contributed by atoms with E-state index < -0.39 is 24.0 Å². The lowest BCUT2D eigenvalue weighted by atomic mass is 10.0. The summed E-state index contributed by atoms with van der Waals surface area (Å²) in [7, 11) is 0. The van der Waals surface area contributed by atoms with Crippen molar-refractivity contribution in [3.63, 3.8) is 0 Å². The van der Waals surface area contributed by atoms with E-state index in [1.165, 1.54) is 18.2 Å². The monoisotopic (exact) mass is 334 g/mol. The normalized spacial score (nSPS) is 21.9. The van der Waals surface area contributed by atoms with E-state index in [1.54, 1.807) is 6.07 Å². The van der Waals surface area contributed by atoms with Crippen LogP contribution in [-0.2, 0) is 4.74 Å². The first kappa shape index (κ1) is 17.7. The summed E-state index contributed by atoms with van der Waals surface area (Å²) in [5.41, 5.74) is -0.0595. The first-order valence-corrected chi connectivity index (χ1v) is 7.32. The van der Waals surface area contributed by atoms with Crippen LogP contribution in [0.25, 0.3) is 0 Å². The molecule has 0 radical (unpaired) electrons. The van der Waals surface area contributed by atoms with Crippen LogP contribution in [-0.4, -0.2) is 43.9 Å². The molecule has 8 heteroatoms. The molecule has 1 fully saturated rings. The number of hydrogen-bond donors (Lipinski definition) is 2. The van der Waals surface area contributed by atoms with E-state index >= 15 is 0 Å². The van der Waals surface area contributed by atoms with Crippen LogP contribution < -0.4 is 10.6 Å². The van der Waals surface area contributed by atoms with Crippen molar-refractivity contribution in [1.29, 1.82) is 0 Å². The van der Waals surface area contributed by atoms with Crippen LogP contribution in [0.5, 0.6) is 0 Å². The molecule has 1 aromatic carbocycles. The summed E-state index contributed by atoms with van der Waals surface area (Å²) in [6.07, 6.45) is -5.78. The van der Waals surface area contributed by atoms with E-state index in [2.05, 4.69) is 10.6 Å². The van der Waals surface area contributed by atoms with Gasteiger partial charge in [0.05, 0.1) is 5.56 Å². The molecule has 1 aliphatic heterocycles. The number of nitrogens with one attached hydrogen (secondary N) is 2. The van der Waals surface area contributed by atoms with E-state index in [0.29, 0.717) is 13.0 Å². The Bertz CT molecular complexity index is 536. The first-order valence-electron chi connectivity index (χ1n) is 7.32. The van der Waals surface area contributed by atoms with Crippen molar-refractivity contribution in [2.75, 3.05) is 19.7 Å². The molecule has 0 bridgehead atoms. The Morgan fingerprint density at radius 3 is 2.70 bits per heavy atom. The highest BCUT2D eigenvalue weighted by molar-refractivity contribution is 5.94. The second kappa shape index (κ2) is 7.74. The number of benzene rings is 1. The van der Waals surface area contributed by atoms with Gasteiger partial charge in [-0.15, -0.1) is 0 Å². The van der Waals surface area contributed by atoms with Gasteiger partial charge in [0.1, 0.15) is 5.82 Å². The molecular weight excluding hydrogens is 316 g/mol. The molecule has 1 aliphatic rings. The smallest absolute Gasteiger partial charge is 0.369 e. The molecule has 2 atom stereocenters. The van der Waals surface area contributed by atoms with Gasteiger partial charge < -0.3 is 15.4 Å². The fraction of sp³-hybridized carbons (Fsp3) is 0.533. The number of rotatable bonds is 5. The fourth-order valence-corrected chi connectivity index (χ4v) is 2.40. The van der Waals surface area contributed by atoms with Crippen LogP contribution >= 0.6 is 0 Å². The number of carbonyl (C=O) groups is 1. The highest BCUT2D eigenvalue weighted by atomic mass is 19.4. The summed E-state index contributed by atoms with van der Waals surface area (Å²) in [4.78, 5) is 11.8. The van der Waals surface area contributed by atoms with Gasteiger partial charge in [-0.1, -0.05) is 12.1 Å². The molecule has 2 unspecified atom stereocenters. The molecule has 1 amide bonds. The molecule has 0 saturated carbocycles. The lowest BCUT2D eigenvalue weighted by molar-refractivity contribution is -0.232. The maximum Gasteiger partial charge on any atom is 0.414 e. The zero-order chi connectivity index (χ0) is 16.9. The second-order valence-corrected chi connectivity index (χ2v) is 5.31. The Kier molecular flexibility index (Phi) is 5.95. The highest BCUT2D eigenvalue weighted by Gasteiger charge is 2.43. The molecule has 2 N–H and O–H groups in total. The summed E-state index contributed by atoms with van der Waals surface area (Å²) in [5, 5.41) is 5.48. The largest absolute Gasteiger partial charge is 0.414 e. The Labute approximate surface area is 131 Å². The predicted octanol–water partition coefficient (Wildman–Crippen LogP) is 2.25. The minimum absolute atomic E-state index is 0.0451. The lowest BCUT2D eigenvalue weighted by Gasteiger charge is -2.31. The lowest BCUT2D eigenvalue weighted by Crippen LogP contribution is -2.46. The number of amides is 1. The molecule has 0 spiro atoms. The predicted molar refractivity (Wildman–Crippen MR) is 75.6 cm³/mol. The summed E-state index contributed by atoms with van der Waals surface area (Å²) >= 11 is 0. The third-order valence-corrected chi connectivity index (χ3v) is 3.61.